The van der Waals surface area contributed by atoms with Gasteiger partial charge >= 0.3 is 0 Å². The van der Waals surface area contributed by atoms with Crippen molar-refractivity contribution in [2.75, 3.05) is 47.9 Å². The van der Waals surface area contributed by atoms with E-state index in [-0.39, 0.29) is 5.91 Å². The lowest BCUT2D eigenvalue weighted by Crippen LogP contribution is -2.24. The smallest absolute Gasteiger partial charge is 0.247 e. The summed E-state index contributed by atoms with van der Waals surface area (Å²) in [6, 6.07) is 17.5. The van der Waals surface area contributed by atoms with Gasteiger partial charge in [0.15, 0.2) is 5.82 Å². The molecule has 4 aromatic rings. The van der Waals surface area contributed by atoms with E-state index >= 15 is 0 Å². The zero-order chi connectivity index (χ0) is 24.6. The molecule has 4 rings (SSSR count). The standard InChI is InChI=1S/C26H29N7OS/c1-4-23(34)28-20-7-6-8-21(17-20)29-25-24-22(13-16-35-24)31-26(32-25)30-19-11-9-18(10-12-19)27-14-15-33(3)5-2/h4,6-13,16-17,27H,1,5,14-15H2,2-3H3,(H,28,34)(H2,29,30,31,32). The zero-order valence-corrected chi connectivity index (χ0v) is 20.7. The van der Waals surface area contributed by atoms with E-state index in [1.165, 1.54) is 6.08 Å². The maximum atomic E-state index is 11.6. The topological polar surface area (TPSA) is 94.2 Å². The SMILES string of the molecule is C=CC(=O)Nc1cccc(Nc2nc(Nc3ccc(NCCN(C)CC)cc3)nc3ccsc23)c1. The number of thiophene rings is 1. The fourth-order valence-electron chi connectivity index (χ4n) is 3.36. The summed E-state index contributed by atoms with van der Waals surface area (Å²) in [6.07, 6.45) is 1.24. The van der Waals surface area contributed by atoms with Crippen LogP contribution in [0.3, 0.4) is 0 Å². The Kier molecular flexibility index (Phi) is 7.92. The van der Waals surface area contributed by atoms with E-state index in [1.807, 2.05) is 60.0 Å². The molecule has 9 heteroatoms. The first-order valence-corrected chi connectivity index (χ1v) is 12.3. The Labute approximate surface area is 209 Å². The van der Waals surface area contributed by atoms with Crippen molar-refractivity contribution in [3.8, 4) is 0 Å². The maximum absolute atomic E-state index is 11.6. The van der Waals surface area contributed by atoms with Gasteiger partial charge in [-0.15, -0.1) is 11.3 Å². The number of likely N-dealkylation sites (N-methyl/N-ethyl adjacent to an activating group) is 1. The zero-order valence-electron chi connectivity index (χ0n) is 19.8. The summed E-state index contributed by atoms with van der Waals surface area (Å²) in [5.41, 5.74) is 4.29. The summed E-state index contributed by atoms with van der Waals surface area (Å²) < 4.78 is 0.952. The molecule has 0 saturated heterocycles. The number of hydrogen-bond donors (Lipinski definition) is 4. The summed E-state index contributed by atoms with van der Waals surface area (Å²) in [5.74, 6) is 0.934. The summed E-state index contributed by atoms with van der Waals surface area (Å²) in [4.78, 5) is 23.3. The van der Waals surface area contributed by atoms with Crippen molar-refractivity contribution in [2.45, 2.75) is 6.92 Å². The van der Waals surface area contributed by atoms with E-state index in [1.54, 1.807) is 11.3 Å². The van der Waals surface area contributed by atoms with E-state index in [4.69, 9.17) is 4.98 Å². The third-order valence-electron chi connectivity index (χ3n) is 5.39. The van der Waals surface area contributed by atoms with Gasteiger partial charge in [-0.05, 0) is 73.6 Å². The fraction of sp³-hybridized carbons (Fsp3) is 0.192. The highest BCUT2D eigenvalue weighted by Crippen LogP contribution is 2.31. The van der Waals surface area contributed by atoms with Crippen molar-refractivity contribution < 1.29 is 4.79 Å². The molecule has 0 bridgehead atoms. The number of aromatic nitrogens is 2. The summed E-state index contributed by atoms with van der Waals surface area (Å²) >= 11 is 1.57. The lowest BCUT2D eigenvalue weighted by Gasteiger charge is -2.15. The van der Waals surface area contributed by atoms with Crippen LogP contribution in [0.25, 0.3) is 10.2 Å². The molecule has 2 aromatic heterocycles. The Balaban J connectivity index is 1.48. The monoisotopic (exact) mass is 487 g/mol. The molecular formula is C26H29N7OS. The van der Waals surface area contributed by atoms with Crippen LogP contribution in [0.15, 0.2) is 72.6 Å². The minimum atomic E-state index is -0.258. The molecule has 0 unspecified atom stereocenters. The molecule has 0 radical (unpaired) electrons. The van der Waals surface area contributed by atoms with Gasteiger partial charge in [0.1, 0.15) is 0 Å². The highest BCUT2D eigenvalue weighted by Gasteiger charge is 2.11. The van der Waals surface area contributed by atoms with Gasteiger partial charge in [-0.25, -0.2) is 4.98 Å². The Morgan fingerprint density at radius 2 is 1.80 bits per heavy atom. The molecule has 180 valence electrons. The molecule has 0 aliphatic carbocycles. The second-order valence-corrected chi connectivity index (χ2v) is 8.87. The van der Waals surface area contributed by atoms with Crippen LogP contribution < -0.4 is 21.3 Å². The van der Waals surface area contributed by atoms with Crippen molar-refractivity contribution in [1.82, 2.24) is 14.9 Å². The molecule has 2 aromatic carbocycles. The molecule has 35 heavy (non-hydrogen) atoms. The van der Waals surface area contributed by atoms with Crippen LogP contribution in [0.5, 0.6) is 0 Å². The van der Waals surface area contributed by atoms with Crippen LogP contribution in [-0.2, 0) is 4.79 Å². The van der Waals surface area contributed by atoms with E-state index in [2.05, 4.69) is 51.7 Å². The number of fused-ring (bicyclic) bond motifs is 1. The summed E-state index contributed by atoms with van der Waals surface area (Å²) in [7, 11) is 2.11. The molecule has 2 heterocycles. The first kappa shape index (κ1) is 24.2. The Morgan fingerprint density at radius 3 is 2.57 bits per heavy atom. The lowest BCUT2D eigenvalue weighted by molar-refractivity contribution is -0.111. The second-order valence-electron chi connectivity index (χ2n) is 7.95. The molecule has 0 aliphatic heterocycles. The number of amides is 1. The Hall–Kier alpha value is -3.95. The second kappa shape index (κ2) is 11.5. The van der Waals surface area contributed by atoms with Gasteiger partial charge in [-0.3, -0.25) is 4.79 Å². The first-order valence-electron chi connectivity index (χ1n) is 11.4. The number of rotatable bonds is 11. The molecule has 0 saturated carbocycles. The minimum Gasteiger partial charge on any atom is -0.384 e. The number of nitrogens with one attached hydrogen (secondary N) is 4. The van der Waals surface area contributed by atoms with Gasteiger partial charge in [0.2, 0.25) is 11.9 Å². The van der Waals surface area contributed by atoms with Gasteiger partial charge in [0, 0.05) is 35.8 Å². The van der Waals surface area contributed by atoms with Crippen molar-refractivity contribution in [2.24, 2.45) is 0 Å². The molecule has 4 N–H and O–H groups in total. The number of benzene rings is 2. The van der Waals surface area contributed by atoms with Crippen LogP contribution in [0, 0.1) is 0 Å². The largest absolute Gasteiger partial charge is 0.384 e. The van der Waals surface area contributed by atoms with Gasteiger partial charge in [-0.2, -0.15) is 4.98 Å². The van der Waals surface area contributed by atoms with Crippen molar-refractivity contribution in [1.29, 1.82) is 0 Å². The molecule has 1 amide bonds. The molecule has 0 spiro atoms. The lowest BCUT2D eigenvalue weighted by atomic mass is 10.2. The molecule has 8 nitrogen and oxygen atoms in total. The predicted molar refractivity (Wildman–Crippen MR) is 147 cm³/mol. The van der Waals surface area contributed by atoms with Gasteiger partial charge in [0.25, 0.3) is 0 Å². The average Bonchev–Trinajstić information content (AvgIpc) is 3.34. The fourth-order valence-corrected chi connectivity index (χ4v) is 4.13. The van der Waals surface area contributed by atoms with Gasteiger partial charge in [0.05, 0.1) is 10.2 Å². The third kappa shape index (κ3) is 6.56. The maximum Gasteiger partial charge on any atom is 0.247 e. The normalized spacial score (nSPS) is 10.8. The minimum absolute atomic E-state index is 0.258. The third-order valence-corrected chi connectivity index (χ3v) is 6.30. The van der Waals surface area contributed by atoms with Crippen molar-refractivity contribution in [3.05, 3.63) is 72.6 Å². The van der Waals surface area contributed by atoms with E-state index in [9.17, 15) is 4.79 Å². The number of carbonyl (C=O) groups excluding carboxylic acids is 1. The summed E-state index contributed by atoms with van der Waals surface area (Å²) in [5, 5.41) is 14.9. The summed E-state index contributed by atoms with van der Waals surface area (Å²) in [6.45, 7) is 8.56. The number of carbonyl (C=O) groups is 1. The van der Waals surface area contributed by atoms with E-state index in [0.717, 1.165) is 46.9 Å². The van der Waals surface area contributed by atoms with Gasteiger partial charge < -0.3 is 26.2 Å². The quantitative estimate of drug-likeness (QED) is 0.203. The van der Waals surface area contributed by atoms with Crippen LogP contribution in [0.2, 0.25) is 0 Å². The average molecular weight is 488 g/mol. The molecule has 0 fully saturated rings. The highest BCUT2D eigenvalue weighted by molar-refractivity contribution is 7.17. The van der Waals surface area contributed by atoms with Crippen LogP contribution >= 0.6 is 11.3 Å². The highest BCUT2D eigenvalue weighted by atomic mass is 32.1. The van der Waals surface area contributed by atoms with Gasteiger partial charge in [-0.1, -0.05) is 19.6 Å². The Bertz CT molecular complexity index is 1300. The van der Waals surface area contributed by atoms with E-state index in [0.29, 0.717) is 17.5 Å². The van der Waals surface area contributed by atoms with Crippen LogP contribution in [0.4, 0.5) is 34.5 Å². The predicted octanol–water partition coefficient (Wildman–Crippen LogP) is 5.67. The first-order chi connectivity index (χ1) is 17.0. The Morgan fingerprint density at radius 1 is 1.03 bits per heavy atom. The van der Waals surface area contributed by atoms with Crippen LogP contribution in [-0.4, -0.2) is 47.5 Å². The number of hydrogen-bond acceptors (Lipinski definition) is 8. The molecule has 0 aliphatic rings. The number of nitrogens with zero attached hydrogens (tertiary/aromatic N) is 3. The molecular weight excluding hydrogens is 458 g/mol. The number of anilines is 6. The van der Waals surface area contributed by atoms with Crippen molar-refractivity contribution in [3.63, 3.8) is 0 Å². The molecule has 0 atom stereocenters. The van der Waals surface area contributed by atoms with E-state index < -0.39 is 0 Å². The van der Waals surface area contributed by atoms with Crippen molar-refractivity contribution >= 4 is 62.0 Å². The van der Waals surface area contributed by atoms with Crippen LogP contribution in [0.1, 0.15) is 6.92 Å².